The van der Waals surface area contributed by atoms with Crippen LogP contribution in [0.4, 0.5) is 0 Å². The van der Waals surface area contributed by atoms with Gasteiger partial charge in [0.1, 0.15) is 11.9 Å². The number of amides is 1. The lowest BCUT2D eigenvalue weighted by Crippen LogP contribution is -2.30. The maximum absolute atomic E-state index is 11.7. The predicted molar refractivity (Wildman–Crippen MR) is 79.8 cm³/mol. The number of hydrogen-bond acceptors (Lipinski definition) is 4. The third kappa shape index (κ3) is 6.29. The number of aromatic hydroxyl groups is 1. The van der Waals surface area contributed by atoms with E-state index in [4.69, 9.17) is 4.74 Å². The lowest BCUT2D eigenvalue weighted by molar-refractivity contribution is -0.150. The van der Waals surface area contributed by atoms with E-state index in [9.17, 15) is 14.7 Å². The molecule has 0 aliphatic carbocycles. The Morgan fingerprint density at radius 1 is 1.24 bits per heavy atom. The molecule has 0 unspecified atom stereocenters. The molecule has 0 fully saturated rings. The van der Waals surface area contributed by atoms with Crippen molar-refractivity contribution in [2.24, 2.45) is 0 Å². The maximum atomic E-state index is 11.7. The first-order valence-corrected chi connectivity index (χ1v) is 7.31. The molecule has 0 aliphatic rings. The van der Waals surface area contributed by atoms with E-state index >= 15 is 0 Å². The van der Waals surface area contributed by atoms with Crippen molar-refractivity contribution < 1.29 is 19.4 Å². The summed E-state index contributed by atoms with van der Waals surface area (Å²) >= 11 is 0. The molecule has 5 nitrogen and oxygen atoms in total. The normalized spacial score (nSPS) is 11.7. The highest BCUT2D eigenvalue weighted by Crippen LogP contribution is 2.21. The molecule has 0 saturated carbocycles. The van der Waals surface area contributed by atoms with Crippen LogP contribution in [-0.2, 0) is 14.3 Å². The zero-order chi connectivity index (χ0) is 15.7. The molecule has 0 spiro atoms. The molecule has 0 bridgehead atoms. The van der Waals surface area contributed by atoms with Gasteiger partial charge in [0.2, 0.25) is 5.91 Å². The van der Waals surface area contributed by atoms with Gasteiger partial charge in [0.05, 0.1) is 6.54 Å². The van der Waals surface area contributed by atoms with E-state index in [0.717, 1.165) is 6.42 Å². The van der Waals surface area contributed by atoms with Crippen molar-refractivity contribution in [2.45, 2.75) is 45.6 Å². The Kier molecular flexibility index (Phi) is 7.29. The van der Waals surface area contributed by atoms with Crippen LogP contribution in [0.25, 0.3) is 0 Å². The second kappa shape index (κ2) is 9.00. The molecule has 1 aromatic carbocycles. The molecule has 0 heterocycles. The molecule has 1 atom stereocenters. The van der Waals surface area contributed by atoms with Gasteiger partial charge in [-0.15, -0.1) is 0 Å². The first-order valence-electron chi connectivity index (χ1n) is 7.31. The highest BCUT2D eigenvalue weighted by molar-refractivity contribution is 5.76. The van der Waals surface area contributed by atoms with Crippen LogP contribution in [0.15, 0.2) is 24.3 Å². The molecule has 5 heteroatoms. The van der Waals surface area contributed by atoms with Crippen LogP contribution in [0.2, 0.25) is 0 Å². The fourth-order valence-electron chi connectivity index (χ4n) is 1.90. The average Bonchev–Trinajstić information content (AvgIpc) is 2.44. The third-order valence-electron chi connectivity index (χ3n) is 2.93. The molecule has 1 aromatic rings. The Hall–Kier alpha value is -2.04. The minimum absolute atomic E-state index is 0.0748. The topological polar surface area (TPSA) is 75.6 Å². The summed E-state index contributed by atoms with van der Waals surface area (Å²) in [6.45, 7) is 4.03. The van der Waals surface area contributed by atoms with Crippen molar-refractivity contribution in [3.8, 4) is 5.75 Å². The van der Waals surface area contributed by atoms with Crippen molar-refractivity contribution >= 4 is 11.9 Å². The van der Waals surface area contributed by atoms with E-state index in [0.29, 0.717) is 24.8 Å². The Bertz CT molecular complexity index is 473. The zero-order valence-electron chi connectivity index (χ0n) is 12.6. The van der Waals surface area contributed by atoms with Gasteiger partial charge in [-0.25, -0.2) is 0 Å². The Morgan fingerprint density at radius 2 is 1.95 bits per heavy atom. The van der Waals surface area contributed by atoms with Crippen LogP contribution >= 0.6 is 0 Å². The number of carbonyl (C=O) groups is 2. The SMILES string of the molecule is CCCC(=O)NC[C@@H](OC(=O)CCC)c1cccc(O)c1. The van der Waals surface area contributed by atoms with Crippen LogP contribution in [0.3, 0.4) is 0 Å². The van der Waals surface area contributed by atoms with Gasteiger partial charge in [0, 0.05) is 12.8 Å². The molecule has 21 heavy (non-hydrogen) atoms. The van der Waals surface area contributed by atoms with E-state index < -0.39 is 6.10 Å². The molecule has 1 amide bonds. The van der Waals surface area contributed by atoms with Gasteiger partial charge >= 0.3 is 5.97 Å². The standard InChI is InChI=1S/C16H23NO4/c1-3-6-15(19)17-11-14(21-16(20)7-4-2)12-8-5-9-13(18)10-12/h5,8-10,14,18H,3-4,6-7,11H2,1-2H3,(H,17,19)/t14-/m1/s1. The second-order valence-corrected chi connectivity index (χ2v) is 4.88. The monoisotopic (exact) mass is 293 g/mol. The van der Waals surface area contributed by atoms with Crippen molar-refractivity contribution in [3.63, 3.8) is 0 Å². The maximum Gasteiger partial charge on any atom is 0.306 e. The molecule has 0 aliphatic heterocycles. The Morgan fingerprint density at radius 3 is 2.57 bits per heavy atom. The van der Waals surface area contributed by atoms with Gasteiger partial charge in [0.15, 0.2) is 0 Å². The summed E-state index contributed by atoms with van der Waals surface area (Å²) in [5.74, 6) is -0.284. The van der Waals surface area contributed by atoms with Crippen molar-refractivity contribution in [2.75, 3.05) is 6.54 Å². The Labute approximate surface area is 125 Å². The van der Waals surface area contributed by atoms with Gasteiger partial charge in [0.25, 0.3) is 0 Å². The van der Waals surface area contributed by atoms with Crippen LogP contribution in [-0.4, -0.2) is 23.5 Å². The van der Waals surface area contributed by atoms with E-state index in [1.165, 1.54) is 6.07 Å². The second-order valence-electron chi connectivity index (χ2n) is 4.88. The number of carbonyl (C=O) groups excluding carboxylic acids is 2. The molecule has 116 valence electrons. The smallest absolute Gasteiger partial charge is 0.306 e. The van der Waals surface area contributed by atoms with Crippen LogP contribution < -0.4 is 5.32 Å². The van der Waals surface area contributed by atoms with Crippen LogP contribution in [0, 0.1) is 0 Å². The van der Waals surface area contributed by atoms with Crippen LogP contribution in [0.5, 0.6) is 5.75 Å². The molecule has 0 aromatic heterocycles. The zero-order valence-corrected chi connectivity index (χ0v) is 12.6. The average molecular weight is 293 g/mol. The van der Waals surface area contributed by atoms with Crippen molar-refractivity contribution in [1.29, 1.82) is 0 Å². The van der Waals surface area contributed by atoms with Gasteiger partial charge < -0.3 is 15.2 Å². The summed E-state index contributed by atoms with van der Waals surface area (Å²) in [5.41, 5.74) is 0.663. The summed E-state index contributed by atoms with van der Waals surface area (Å²) in [6, 6.07) is 6.52. The summed E-state index contributed by atoms with van der Waals surface area (Å²) in [6.07, 6.45) is 1.65. The van der Waals surface area contributed by atoms with Gasteiger partial charge in [-0.3, -0.25) is 9.59 Å². The summed E-state index contributed by atoms with van der Waals surface area (Å²) < 4.78 is 5.40. The van der Waals surface area contributed by atoms with E-state index in [-0.39, 0.29) is 24.2 Å². The number of phenols is 1. The highest BCUT2D eigenvalue weighted by atomic mass is 16.5. The minimum atomic E-state index is -0.586. The predicted octanol–water partition coefficient (Wildman–Crippen LogP) is 2.69. The van der Waals surface area contributed by atoms with Crippen molar-refractivity contribution in [1.82, 2.24) is 5.32 Å². The number of rotatable bonds is 8. The Balaban J connectivity index is 2.74. The van der Waals surface area contributed by atoms with E-state index in [1.54, 1.807) is 18.2 Å². The molecule has 2 N–H and O–H groups in total. The number of benzene rings is 1. The lowest BCUT2D eigenvalue weighted by Gasteiger charge is -2.19. The number of ether oxygens (including phenoxy) is 1. The minimum Gasteiger partial charge on any atom is -0.508 e. The molecular weight excluding hydrogens is 270 g/mol. The molecule has 0 radical (unpaired) electrons. The van der Waals surface area contributed by atoms with Gasteiger partial charge in [-0.05, 0) is 30.5 Å². The largest absolute Gasteiger partial charge is 0.508 e. The van der Waals surface area contributed by atoms with Gasteiger partial charge in [-0.2, -0.15) is 0 Å². The summed E-state index contributed by atoms with van der Waals surface area (Å²) in [7, 11) is 0. The molecule has 0 saturated heterocycles. The number of phenolic OH excluding ortho intramolecular Hbond substituents is 1. The van der Waals surface area contributed by atoms with E-state index in [2.05, 4.69) is 5.32 Å². The number of nitrogens with one attached hydrogen (secondary N) is 1. The molecular formula is C16H23NO4. The third-order valence-corrected chi connectivity index (χ3v) is 2.93. The fourth-order valence-corrected chi connectivity index (χ4v) is 1.90. The number of esters is 1. The van der Waals surface area contributed by atoms with Crippen molar-refractivity contribution in [3.05, 3.63) is 29.8 Å². The van der Waals surface area contributed by atoms with Gasteiger partial charge in [-0.1, -0.05) is 26.0 Å². The highest BCUT2D eigenvalue weighted by Gasteiger charge is 2.17. The first kappa shape index (κ1) is 17.0. The fraction of sp³-hybridized carbons (Fsp3) is 0.500. The first-order chi connectivity index (χ1) is 10.1. The molecule has 1 rings (SSSR count). The summed E-state index contributed by atoms with van der Waals surface area (Å²) in [5, 5.41) is 12.3. The number of hydrogen-bond donors (Lipinski definition) is 2. The van der Waals surface area contributed by atoms with Crippen LogP contribution in [0.1, 0.15) is 51.2 Å². The quantitative estimate of drug-likeness (QED) is 0.723. The summed E-state index contributed by atoms with van der Waals surface area (Å²) in [4.78, 5) is 23.2. The lowest BCUT2D eigenvalue weighted by atomic mass is 10.1. The van der Waals surface area contributed by atoms with E-state index in [1.807, 2.05) is 13.8 Å².